The van der Waals surface area contributed by atoms with E-state index in [4.69, 9.17) is 13.7 Å². The zero-order valence-corrected chi connectivity index (χ0v) is 26.3. The number of benzene rings is 8. The average molecular weight is 637 g/mol. The van der Waals surface area contributed by atoms with Gasteiger partial charge in [0.05, 0.1) is 23.6 Å². The van der Waals surface area contributed by atoms with Gasteiger partial charge < -0.3 is 0 Å². The van der Waals surface area contributed by atoms with Crippen molar-refractivity contribution < 1.29 is 13.7 Å². The van der Waals surface area contributed by atoms with Crippen molar-refractivity contribution >= 4 is 32.6 Å². The third-order valence-electron chi connectivity index (χ3n) is 9.18. The summed E-state index contributed by atoms with van der Waals surface area (Å²) in [6.07, 6.45) is -2.76. The molecular formula is C47H34N2. The van der Waals surface area contributed by atoms with Crippen molar-refractivity contribution in [2.24, 2.45) is 0 Å². The van der Waals surface area contributed by atoms with E-state index in [0.29, 0.717) is 22.3 Å². The van der Waals surface area contributed by atoms with Crippen LogP contribution in [-0.4, -0.2) is 9.55 Å². The van der Waals surface area contributed by atoms with Crippen LogP contribution < -0.4 is 0 Å². The van der Waals surface area contributed by atoms with Gasteiger partial charge in [0.25, 0.3) is 0 Å². The lowest BCUT2D eigenvalue weighted by Crippen LogP contribution is -2.02. The van der Waals surface area contributed by atoms with E-state index in [-0.39, 0.29) is 23.5 Å². The van der Waals surface area contributed by atoms with Gasteiger partial charge in [-0.25, -0.2) is 4.98 Å². The van der Waals surface area contributed by atoms with Crippen LogP contribution in [0, 0.1) is 0 Å². The Morgan fingerprint density at radius 3 is 1.98 bits per heavy atom. The highest BCUT2D eigenvalue weighted by atomic mass is 15.1. The molecule has 9 aromatic rings. The summed E-state index contributed by atoms with van der Waals surface area (Å²) in [6.45, 7) is -2.98. The maximum Gasteiger partial charge on any atom is 0.114 e. The van der Waals surface area contributed by atoms with Crippen LogP contribution in [0.5, 0.6) is 0 Å². The topological polar surface area (TPSA) is 17.8 Å². The van der Waals surface area contributed by atoms with Gasteiger partial charge in [0.2, 0.25) is 0 Å². The molecule has 0 aliphatic carbocycles. The number of aromatic nitrogens is 2. The normalized spacial score (nSPS) is 14.9. The number of hydrogen-bond acceptors (Lipinski definition) is 1. The Morgan fingerprint density at radius 1 is 0.551 bits per heavy atom. The van der Waals surface area contributed by atoms with Gasteiger partial charge in [-0.2, -0.15) is 0 Å². The van der Waals surface area contributed by atoms with Crippen LogP contribution in [0.25, 0.3) is 82.8 Å². The second-order valence-corrected chi connectivity index (χ2v) is 11.9. The quantitative estimate of drug-likeness (QED) is 0.166. The summed E-state index contributed by atoms with van der Waals surface area (Å²) in [5, 5.41) is 3.14. The standard InChI is InChI=1S/C47H34N2/c1-2-45-48-42-22-12-14-24-44(42)49(45)43-23-13-11-19-37(43)33-25-27-35(28-26-33)46-38-20-9-10-21-39(38)47(34-17-7-4-8-18-34)41-31-36(29-30-40(41)46)32-15-5-3-6-16-32/h3-31H,2H2,1H3/i1D3,2D2,4D,7D,8D,17D,18D. The summed E-state index contributed by atoms with van der Waals surface area (Å²) in [6, 6.07) is 44.5. The Morgan fingerprint density at radius 2 is 1.18 bits per heavy atom. The largest absolute Gasteiger partial charge is 0.296 e. The summed E-state index contributed by atoms with van der Waals surface area (Å²) in [4.78, 5) is 4.53. The highest BCUT2D eigenvalue weighted by molar-refractivity contribution is 6.22. The molecule has 2 heteroatoms. The first-order valence-corrected chi connectivity index (χ1v) is 16.1. The van der Waals surface area contributed by atoms with E-state index in [0.717, 1.165) is 54.9 Å². The molecule has 9 rings (SSSR count). The third kappa shape index (κ3) is 4.92. The Balaban J connectivity index is 1.28. The van der Waals surface area contributed by atoms with Crippen molar-refractivity contribution in [1.82, 2.24) is 9.55 Å². The first-order valence-electron chi connectivity index (χ1n) is 21.1. The molecule has 0 fully saturated rings. The molecule has 0 saturated heterocycles. The summed E-state index contributed by atoms with van der Waals surface area (Å²) < 4.78 is 86.8. The molecule has 49 heavy (non-hydrogen) atoms. The predicted octanol–water partition coefficient (Wildman–Crippen LogP) is 12.6. The van der Waals surface area contributed by atoms with Gasteiger partial charge in [-0.15, -0.1) is 0 Å². The number of aryl methyl sites for hydroxylation is 1. The highest BCUT2D eigenvalue weighted by Crippen LogP contribution is 2.45. The fourth-order valence-corrected chi connectivity index (χ4v) is 7.03. The second-order valence-electron chi connectivity index (χ2n) is 11.9. The number of fused-ring (bicyclic) bond motifs is 3. The lowest BCUT2D eigenvalue weighted by atomic mass is 9.84. The molecule has 0 aliphatic heterocycles. The van der Waals surface area contributed by atoms with E-state index in [1.54, 1.807) is 22.8 Å². The summed E-state index contributed by atoms with van der Waals surface area (Å²) in [5.41, 5.74) is 7.52. The van der Waals surface area contributed by atoms with Gasteiger partial charge in [-0.05, 0) is 84.8 Å². The van der Waals surface area contributed by atoms with Crippen molar-refractivity contribution in [3.8, 4) is 50.2 Å². The van der Waals surface area contributed by atoms with E-state index in [9.17, 15) is 0 Å². The van der Waals surface area contributed by atoms with E-state index >= 15 is 0 Å². The van der Waals surface area contributed by atoms with Crippen molar-refractivity contribution in [3.63, 3.8) is 0 Å². The molecule has 0 radical (unpaired) electrons. The van der Waals surface area contributed by atoms with E-state index in [2.05, 4.69) is 4.98 Å². The molecule has 0 unspecified atom stereocenters. The Hall–Kier alpha value is -6.25. The van der Waals surface area contributed by atoms with Gasteiger partial charge in [0.15, 0.2) is 0 Å². The molecule has 0 saturated carbocycles. The molecule has 1 aromatic heterocycles. The molecule has 0 aliphatic rings. The molecule has 0 amide bonds. The molecule has 1 heterocycles. The minimum Gasteiger partial charge on any atom is -0.296 e. The number of imidazole rings is 1. The van der Waals surface area contributed by atoms with Crippen LogP contribution in [0.15, 0.2) is 176 Å². The van der Waals surface area contributed by atoms with Crippen LogP contribution >= 0.6 is 0 Å². The van der Waals surface area contributed by atoms with Crippen LogP contribution in [-0.2, 0) is 6.37 Å². The van der Waals surface area contributed by atoms with E-state index in [1.165, 1.54) is 0 Å². The Bertz CT molecular complexity index is 3090. The zero-order valence-electron chi connectivity index (χ0n) is 36.3. The number of nitrogens with zero attached hydrogens (tertiary/aromatic N) is 2. The lowest BCUT2D eigenvalue weighted by Gasteiger charge is -2.19. The minimum absolute atomic E-state index is 0.134. The maximum absolute atomic E-state index is 9.03. The van der Waals surface area contributed by atoms with Crippen LogP contribution in [0.1, 0.15) is 26.4 Å². The van der Waals surface area contributed by atoms with Crippen LogP contribution in [0.2, 0.25) is 0 Å². The van der Waals surface area contributed by atoms with E-state index < -0.39 is 31.4 Å². The predicted molar refractivity (Wildman–Crippen MR) is 207 cm³/mol. The summed E-state index contributed by atoms with van der Waals surface area (Å²) in [7, 11) is 0. The van der Waals surface area contributed by atoms with Gasteiger partial charge in [-0.1, -0.05) is 158 Å². The molecular weight excluding hydrogens is 593 g/mol. The van der Waals surface area contributed by atoms with Crippen molar-refractivity contribution in [3.05, 3.63) is 182 Å². The molecule has 8 aromatic carbocycles. The lowest BCUT2D eigenvalue weighted by molar-refractivity contribution is 0.909. The smallest absolute Gasteiger partial charge is 0.114 e. The highest BCUT2D eigenvalue weighted by Gasteiger charge is 2.19. The molecule has 0 N–H and O–H groups in total. The number of para-hydroxylation sites is 3. The van der Waals surface area contributed by atoms with Crippen molar-refractivity contribution in [1.29, 1.82) is 0 Å². The number of rotatable bonds is 6. The molecule has 0 bridgehead atoms. The Kier molecular flexibility index (Phi) is 4.98. The van der Waals surface area contributed by atoms with Gasteiger partial charge in [0, 0.05) is 18.8 Å². The zero-order chi connectivity index (χ0) is 41.4. The van der Waals surface area contributed by atoms with Gasteiger partial charge in [0.1, 0.15) is 5.82 Å². The Labute approximate surface area is 300 Å². The first-order chi connectivity index (χ1) is 28.3. The fraction of sp³-hybridized carbons (Fsp3) is 0.0426. The van der Waals surface area contributed by atoms with Crippen LogP contribution in [0.4, 0.5) is 0 Å². The third-order valence-corrected chi connectivity index (χ3v) is 9.18. The summed E-state index contributed by atoms with van der Waals surface area (Å²) in [5.74, 6) is -0.213. The summed E-state index contributed by atoms with van der Waals surface area (Å²) >= 11 is 0. The fourth-order valence-electron chi connectivity index (χ4n) is 7.03. The van der Waals surface area contributed by atoms with E-state index in [1.807, 2.05) is 127 Å². The van der Waals surface area contributed by atoms with Crippen molar-refractivity contribution in [2.45, 2.75) is 13.2 Å². The monoisotopic (exact) mass is 636 g/mol. The van der Waals surface area contributed by atoms with Gasteiger partial charge in [-0.3, -0.25) is 4.57 Å². The van der Waals surface area contributed by atoms with Crippen molar-refractivity contribution in [2.75, 3.05) is 0 Å². The molecule has 2 nitrogen and oxygen atoms in total. The first kappa shape index (κ1) is 20.2. The average Bonchev–Trinajstić information content (AvgIpc) is 3.65. The molecule has 0 atom stereocenters. The minimum atomic E-state index is -2.98. The molecule has 232 valence electrons. The SMILES string of the molecule is [2H]c1c([2H])c([2H])c(-c2c3ccccc3c(-c3ccc(-c4ccccc4-n4c(C([2H])([2H])C([2H])([2H])[2H])nc5ccccc54)cc3)c3ccc(-c4ccccc4)cc23)c([2H])c1[2H]. The number of hydrogen-bond donors (Lipinski definition) is 0. The second kappa shape index (κ2) is 12.1. The van der Waals surface area contributed by atoms with Crippen LogP contribution in [0.3, 0.4) is 0 Å². The molecule has 0 spiro atoms. The maximum atomic E-state index is 9.03. The van der Waals surface area contributed by atoms with Gasteiger partial charge >= 0.3 is 0 Å².